The first kappa shape index (κ1) is 28.0. The molecule has 1 saturated carbocycles. The number of hydrazone groups is 1. The molecule has 1 saturated heterocycles. The van der Waals surface area contributed by atoms with Gasteiger partial charge in [-0.15, -0.1) is 0 Å². The van der Waals surface area contributed by atoms with E-state index in [1.807, 2.05) is 60.7 Å². The number of nitrogens with two attached hydrogens (primary N) is 1. The maximum absolute atomic E-state index is 14.0. The third-order valence-corrected chi connectivity index (χ3v) is 7.89. The predicted molar refractivity (Wildman–Crippen MR) is 152 cm³/mol. The molecule has 9 heteroatoms. The van der Waals surface area contributed by atoms with Crippen molar-refractivity contribution in [3.63, 3.8) is 0 Å². The highest BCUT2D eigenvalue weighted by atomic mass is 16.5. The third-order valence-electron chi connectivity index (χ3n) is 7.89. The zero-order chi connectivity index (χ0) is 28.3. The van der Waals surface area contributed by atoms with Gasteiger partial charge in [-0.1, -0.05) is 60.7 Å². The molecule has 3 amide bonds. The number of amides is 3. The van der Waals surface area contributed by atoms with Gasteiger partial charge in [0.05, 0.1) is 24.5 Å². The fraction of sp³-hybridized carbons (Fsp3) is 0.484. The summed E-state index contributed by atoms with van der Waals surface area (Å²) in [5, 5.41) is 9.25. The molecule has 9 nitrogen and oxygen atoms in total. The molecule has 0 bridgehead atoms. The van der Waals surface area contributed by atoms with E-state index < -0.39 is 22.9 Å². The van der Waals surface area contributed by atoms with Gasteiger partial charge in [0.1, 0.15) is 11.5 Å². The Morgan fingerprint density at radius 3 is 2.38 bits per heavy atom. The highest BCUT2D eigenvalue weighted by Crippen LogP contribution is 2.41. The van der Waals surface area contributed by atoms with Crippen LogP contribution in [0.5, 0.6) is 0 Å². The van der Waals surface area contributed by atoms with Crippen LogP contribution in [0.3, 0.4) is 0 Å². The number of benzene rings is 2. The van der Waals surface area contributed by atoms with Crippen molar-refractivity contribution in [1.29, 1.82) is 0 Å². The molecule has 2 aliphatic heterocycles. The number of fused-ring (bicyclic) bond motifs is 1. The lowest BCUT2D eigenvalue weighted by Crippen LogP contribution is -2.61. The number of nitrogens with zero attached hydrogens (tertiary/aromatic N) is 3. The van der Waals surface area contributed by atoms with Crippen LogP contribution in [0, 0.1) is 11.3 Å². The molecule has 1 unspecified atom stereocenters. The monoisotopic (exact) mass is 545 g/mol. The summed E-state index contributed by atoms with van der Waals surface area (Å²) in [5.74, 6) is -0.272. The molecule has 0 aromatic heterocycles. The summed E-state index contributed by atoms with van der Waals surface area (Å²) in [5.41, 5.74) is 6.78. The van der Waals surface area contributed by atoms with Gasteiger partial charge in [-0.2, -0.15) is 5.10 Å². The van der Waals surface area contributed by atoms with E-state index in [0.717, 1.165) is 29.7 Å². The molecule has 2 fully saturated rings. The molecule has 1 aliphatic carbocycles. The predicted octanol–water partition coefficient (Wildman–Crippen LogP) is 2.49. The van der Waals surface area contributed by atoms with E-state index in [0.29, 0.717) is 38.5 Å². The van der Waals surface area contributed by atoms with Gasteiger partial charge in [-0.3, -0.25) is 14.4 Å². The number of hydrogen-bond donors (Lipinski definition) is 2. The van der Waals surface area contributed by atoms with Crippen molar-refractivity contribution in [3.8, 4) is 0 Å². The maximum Gasteiger partial charge on any atom is 0.256 e. The summed E-state index contributed by atoms with van der Waals surface area (Å²) < 4.78 is 5.90. The molecule has 0 radical (unpaired) electrons. The van der Waals surface area contributed by atoms with Crippen LogP contribution in [-0.2, 0) is 32.1 Å². The van der Waals surface area contributed by atoms with Gasteiger partial charge < -0.3 is 20.7 Å². The lowest BCUT2D eigenvalue weighted by atomic mass is 9.73. The Balaban J connectivity index is 1.36. The Kier molecular flexibility index (Phi) is 8.05. The lowest BCUT2D eigenvalue weighted by Gasteiger charge is -2.41. The van der Waals surface area contributed by atoms with Gasteiger partial charge >= 0.3 is 0 Å². The van der Waals surface area contributed by atoms with Crippen LogP contribution in [0.2, 0.25) is 0 Å². The fourth-order valence-corrected chi connectivity index (χ4v) is 5.39. The number of nitrogens with one attached hydrogen (secondary N) is 1. The second-order valence-corrected chi connectivity index (χ2v) is 11.9. The minimum atomic E-state index is -1.17. The lowest BCUT2D eigenvalue weighted by molar-refractivity contribution is -0.144. The minimum Gasteiger partial charge on any atom is -0.374 e. The van der Waals surface area contributed by atoms with Gasteiger partial charge in [0, 0.05) is 26.1 Å². The minimum absolute atomic E-state index is 0.0135. The third kappa shape index (κ3) is 6.26. The number of carbonyl (C=O) groups is 3. The molecular formula is C31H39N5O4. The number of likely N-dealkylation sites (tertiary alicyclic amines) is 1. The van der Waals surface area contributed by atoms with Gasteiger partial charge in [0.15, 0.2) is 0 Å². The van der Waals surface area contributed by atoms with Crippen molar-refractivity contribution in [2.75, 3.05) is 26.2 Å². The van der Waals surface area contributed by atoms with Crippen LogP contribution >= 0.6 is 0 Å². The maximum atomic E-state index is 14.0. The second-order valence-electron chi connectivity index (χ2n) is 11.9. The van der Waals surface area contributed by atoms with E-state index in [2.05, 4.69) is 5.32 Å². The normalized spacial score (nSPS) is 21.6. The molecule has 2 atom stereocenters. The van der Waals surface area contributed by atoms with Crippen LogP contribution in [0.25, 0.3) is 0 Å². The molecule has 2 aromatic carbocycles. The van der Waals surface area contributed by atoms with Crippen LogP contribution < -0.4 is 11.1 Å². The zero-order valence-electron chi connectivity index (χ0n) is 23.3. The van der Waals surface area contributed by atoms with E-state index in [1.54, 1.807) is 23.8 Å². The quantitative estimate of drug-likeness (QED) is 0.450. The molecule has 212 valence electrons. The van der Waals surface area contributed by atoms with Gasteiger partial charge in [-0.25, -0.2) is 5.01 Å². The Morgan fingerprint density at radius 2 is 1.75 bits per heavy atom. The molecular weight excluding hydrogens is 506 g/mol. The van der Waals surface area contributed by atoms with E-state index in [9.17, 15) is 14.4 Å². The number of carbonyl (C=O) groups excluding carboxylic acids is 3. The van der Waals surface area contributed by atoms with Gasteiger partial charge in [0.2, 0.25) is 11.8 Å². The molecule has 0 spiro atoms. The van der Waals surface area contributed by atoms with Crippen molar-refractivity contribution >= 4 is 23.4 Å². The van der Waals surface area contributed by atoms with Crippen LogP contribution in [0.1, 0.15) is 44.2 Å². The first-order valence-corrected chi connectivity index (χ1v) is 14.1. The van der Waals surface area contributed by atoms with Gasteiger partial charge in [-0.05, 0) is 50.2 Å². The van der Waals surface area contributed by atoms with Crippen molar-refractivity contribution in [3.05, 3.63) is 71.8 Å². The molecule has 2 aromatic rings. The summed E-state index contributed by atoms with van der Waals surface area (Å²) in [7, 11) is 0. The topological polar surface area (TPSA) is 117 Å². The average molecular weight is 546 g/mol. The largest absolute Gasteiger partial charge is 0.374 e. The standard InChI is InChI=1S/C31H39N5O4/c1-30(2,32)28(38)33-25(20-40-19-24-11-7-4-8-12-24)27(37)35-16-15-26-31(21-35,17-22-9-5-3-6-10-22)29(39)36(34-26)18-23-13-14-23/h3-12,23,25H,13-21,32H2,1-2H3,(H,33,38)/t25-,31?/m1/s1. The molecule has 5 rings (SSSR count). The summed E-state index contributed by atoms with van der Waals surface area (Å²) >= 11 is 0. The first-order valence-electron chi connectivity index (χ1n) is 14.1. The first-order chi connectivity index (χ1) is 19.2. The van der Waals surface area contributed by atoms with E-state index >= 15 is 0 Å². The Morgan fingerprint density at radius 1 is 1.10 bits per heavy atom. The average Bonchev–Trinajstić information content (AvgIpc) is 3.72. The summed E-state index contributed by atoms with van der Waals surface area (Å²) in [6.45, 7) is 4.73. The molecule has 2 heterocycles. The Bertz CT molecular complexity index is 1260. The van der Waals surface area contributed by atoms with Crippen LogP contribution in [-0.4, -0.2) is 71.2 Å². The van der Waals surface area contributed by atoms with E-state index in [-0.39, 0.29) is 25.0 Å². The molecule has 3 N–H and O–H groups in total. The summed E-state index contributed by atoms with van der Waals surface area (Å²) in [6, 6.07) is 18.6. The fourth-order valence-electron chi connectivity index (χ4n) is 5.39. The van der Waals surface area contributed by atoms with Crippen molar-refractivity contribution < 1.29 is 19.1 Å². The number of ether oxygens (including phenoxy) is 1. The van der Waals surface area contributed by atoms with Crippen LogP contribution in [0.4, 0.5) is 0 Å². The van der Waals surface area contributed by atoms with Crippen molar-refractivity contribution in [1.82, 2.24) is 15.2 Å². The number of piperidine rings is 1. The van der Waals surface area contributed by atoms with Crippen LogP contribution in [0.15, 0.2) is 65.8 Å². The molecule has 3 aliphatic rings. The highest BCUT2D eigenvalue weighted by Gasteiger charge is 2.55. The van der Waals surface area contributed by atoms with Crippen molar-refractivity contribution in [2.24, 2.45) is 22.2 Å². The highest BCUT2D eigenvalue weighted by molar-refractivity contribution is 6.14. The Labute approximate surface area is 235 Å². The van der Waals surface area contributed by atoms with E-state index in [4.69, 9.17) is 15.6 Å². The number of hydrogen-bond acceptors (Lipinski definition) is 6. The summed E-state index contributed by atoms with van der Waals surface area (Å²) in [4.78, 5) is 42.5. The van der Waals surface area contributed by atoms with Crippen molar-refractivity contribution in [2.45, 2.75) is 57.7 Å². The van der Waals surface area contributed by atoms with E-state index in [1.165, 1.54) is 0 Å². The SMILES string of the molecule is CC(C)(N)C(=O)N[C@H](COCc1ccccc1)C(=O)N1CCC2=NN(CC3CC3)C(=O)C2(Cc2ccccc2)C1. The smallest absolute Gasteiger partial charge is 0.256 e. The Hall–Kier alpha value is -3.56. The summed E-state index contributed by atoms with van der Waals surface area (Å²) in [6.07, 6.45) is 3.20. The second kappa shape index (κ2) is 11.5. The number of rotatable bonds is 11. The zero-order valence-corrected chi connectivity index (χ0v) is 23.3. The van der Waals surface area contributed by atoms with Gasteiger partial charge in [0.25, 0.3) is 5.91 Å². The molecule has 40 heavy (non-hydrogen) atoms.